The van der Waals surface area contributed by atoms with Gasteiger partial charge in [0.1, 0.15) is 5.82 Å². The third-order valence-electron chi connectivity index (χ3n) is 3.79. The number of hydrogen-bond acceptors (Lipinski definition) is 5. The summed E-state index contributed by atoms with van der Waals surface area (Å²) in [6.07, 6.45) is 1.68. The van der Waals surface area contributed by atoms with E-state index in [2.05, 4.69) is 16.5 Å². The number of benzene rings is 1. The van der Waals surface area contributed by atoms with E-state index >= 15 is 0 Å². The Morgan fingerprint density at radius 1 is 1.35 bits per heavy atom. The molecule has 0 aliphatic carbocycles. The van der Waals surface area contributed by atoms with E-state index in [1.165, 1.54) is 4.88 Å². The minimum atomic E-state index is -0.100. The van der Waals surface area contributed by atoms with Crippen molar-refractivity contribution in [3.05, 3.63) is 70.0 Å². The number of thiophene rings is 1. The smallest absolute Gasteiger partial charge is 0.239 e. The van der Waals surface area contributed by atoms with Gasteiger partial charge < -0.3 is 5.32 Å². The highest BCUT2D eigenvalue weighted by Gasteiger charge is 2.11. The Morgan fingerprint density at radius 3 is 3.00 bits per heavy atom. The van der Waals surface area contributed by atoms with Crippen LogP contribution in [0.3, 0.4) is 0 Å². The Balaban J connectivity index is 1.55. The maximum absolute atomic E-state index is 12.3. The quantitative estimate of drug-likeness (QED) is 0.699. The summed E-state index contributed by atoms with van der Waals surface area (Å²) in [6.45, 7) is 1.48. The van der Waals surface area contributed by atoms with E-state index in [1.807, 2.05) is 47.7 Å². The number of amides is 1. The van der Waals surface area contributed by atoms with E-state index in [0.717, 1.165) is 5.56 Å². The molecule has 2 aromatic heterocycles. The molecule has 2 heterocycles. The van der Waals surface area contributed by atoms with Gasteiger partial charge in [0.2, 0.25) is 5.91 Å². The Kier molecular flexibility index (Phi) is 5.79. The molecule has 0 spiro atoms. The summed E-state index contributed by atoms with van der Waals surface area (Å²) in [5.74, 6) is 0.583. The minimum Gasteiger partial charge on any atom is -0.310 e. The predicted octanol–water partition coefficient (Wildman–Crippen LogP) is 2.94. The van der Waals surface area contributed by atoms with Gasteiger partial charge in [-0.1, -0.05) is 18.2 Å². The van der Waals surface area contributed by atoms with Gasteiger partial charge in [0, 0.05) is 17.5 Å². The molecule has 0 saturated heterocycles. The SMILES string of the molecule is CN(CC(=O)Nc1ccnn1Cc1cccs1)Cc1cccc(C#N)c1. The molecule has 0 fully saturated rings. The zero-order valence-corrected chi connectivity index (χ0v) is 15.2. The third-order valence-corrected chi connectivity index (χ3v) is 4.65. The Hall–Kier alpha value is -2.95. The first-order valence-electron chi connectivity index (χ1n) is 8.15. The van der Waals surface area contributed by atoms with Crippen molar-refractivity contribution in [2.45, 2.75) is 13.1 Å². The molecule has 1 amide bonds. The van der Waals surface area contributed by atoms with Crippen LogP contribution in [0.1, 0.15) is 16.0 Å². The molecule has 0 aliphatic rings. The number of carbonyl (C=O) groups is 1. The molecule has 132 valence electrons. The summed E-state index contributed by atoms with van der Waals surface area (Å²) < 4.78 is 1.78. The van der Waals surface area contributed by atoms with Gasteiger partial charge in [-0.05, 0) is 36.2 Å². The van der Waals surface area contributed by atoms with Crippen LogP contribution in [0, 0.1) is 11.3 Å². The second kappa shape index (κ2) is 8.43. The van der Waals surface area contributed by atoms with Gasteiger partial charge in [0.25, 0.3) is 0 Å². The molecule has 0 atom stereocenters. The average Bonchev–Trinajstić information content (AvgIpc) is 3.28. The first kappa shape index (κ1) is 17.9. The van der Waals surface area contributed by atoms with Crippen LogP contribution in [-0.2, 0) is 17.9 Å². The van der Waals surface area contributed by atoms with Gasteiger partial charge in [-0.25, -0.2) is 4.68 Å². The van der Waals surface area contributed by atoms with Crippen molar-refractivity contribution >= 4 is 23.1 Å². The summed E-state index contributed by atoms with van der Waals surface area (Å²) in [5, 5.41) is 18.2. The molecule has 3 aromatic rings. The van der Waals surface area contributed by atoms with Crippen molar-refractivity contribution < 1.29 is 4.79 Å². The van der Waals surface area contributed by atoms with E-state index in [-0.39, 0.29) is 12.5 Å². The molecule has 26 heavy (non-hydrogen) atoms. The maximum Gasteiger partial charge on any atom is 0.239 e. The van der Waals surface area contributed by atoms with E-state index < -0.39 is 0 Å². The minimum absolute atomic E-state index is 0.100. The molecule has 0 saturated carbocycles. The van der Waals surface area contributed by atoms with Crippen LogP contribution in [0.15, 0.2) is 54.0 Å². The van der Waals surface area contributed by atoms with Crippen LogP contribution in [0.2, 0.25) is 0 Å². The molecule has 1 aromatic carbocycles. The van der Waals surface area contributed by atoms with Crippen molar-refractivity contribution in [1.82, 2.24) is 14.7 Å². The summed E-state index contributed by atoms with van der Waals surface area (Å²) >= 11 is 1.66. The molecule has 0 radical (unpaired) electrons. The number of nitrogens with one attached hydrogen (secondary N) is 1. The number of nitrogens with zero attached hydrogens (tertiary/aromatic N) is 4. The van der Waals surface area contributed by atoms with Gasteiger partial charge in [-0.3, -0.25) is 9.69 Å². The lowest BCUT2D eigenvalue weighted by atomic mass is 10.1. The molecule has 6 nitrogen and oxygen atoms in total. The van der Waals surface area contributed by atoms with E-state index in [1.54, 1.807) is 34.3 Å². The Labute approximate surface area is 156 Å². The Bertz CT molecular complexity index is 910. The van der Waals surface area contributed by atoms with Crippen LogP contribution < -0.4 is 5.32 Å². The third kappa shape index (κ3) is 4.79. The van der Waals surface area contributed by atoms with E-state index in [9.17, 15) is 4.79 Å². The fourth-order valence-corrected chi connectivity index (χ4v) is 3.34. The number of likely N-dealkylation sites (N-methyl/N-ethyl adjacent to an activating group) is 1. The van der Waals surface area contributed by atoms with Crippen molar-refractivity contribution in [2.24, 2.45) is 0 Å². The summed E-state index contributed by atoms with van der Waals surface area (Å²) in [4.78, 5) is 15.4. The second-order valence-corrected chi connectivity index (χ2v) is 7.02. The lowest BCUT2D eigenvalue weighted by molar-refractivity contribution is -0.117. The lowest BCUT2D eigenvalue weighted by Crippen LogP contribution is -2.30. The average molecular weight is 365 g/mol. The molecular weight excluding hydrogens is 346 g/mol. The van der Waals surface area contributed by atoms with Crippen molar-refractivity contribution in [3.63, 3.8) is 0 Å². The summed E-state index contributed by atoms with van der Waals surface area (Å²) in [7, 11) is 1.88. The van der Waals surface area contributed by atoms with Crippen LogP contribution in [0.4, 0.5) is 5.82 Å². The standard InChI is InChI=1S/C19H19N5OS/c1-23(12-16-5-2-4-15(10-16)11-20)14-19(25)22-18-7-8-21-24(18)13-17-6-3-9-26-17/h2-10H,12-14H2,1H3,(H,22,25). The highest BCUT2D eigenvalue weighted by molar-refractivity contribution is 7.09. The fourth-order valence-electron chi connectivity index (χ4n) is 2.65. The number of hydrogen-bond donors (Lipinski definition) is 1. The normalized spacial score (nSPS) is 10.7. The largest absolute Gasteiger partial charge is 0.310 e. The Morgan fingerprint density at radius 2 is 2.23 bits per heavy atom. The number of anilines is 1. The molecule has 0 aliphatic heterocycles. The fraction of sp³-hybridized carbons (Fsp3) is 0.211. The van der Waals surface area contributed by atoms with Crippen molar-refractivity contribution in [2.75, 3.05) is 18.9 Å². The number of carbonyl (C=O) groups excluding carboxylic acids is 1. The van der Waals surface area contributed by atoms with Crippen LogP contribution in [0.5, 0.6) is 0 Å². The first-order valence-corrected chi connectivity index (χ1v) is 9.03. The van der Waals surface area contributed by atoms with Crippen LogP contribution >= 0.6 is 11.3 Å². The first-order chi connectivity index (χ1) is 12.6. The molecule has 1 N–H and O–H groups in total. The second-order valence-electron chi connectivity index (χ2n) is 5.99. The van der Waals surface area contributed by atoms with Gasteiger partial charge in [-0.2, -0.15) is 10.4 Å². The van der Waals surface area contributed by atoms with Crippen LogP contribution in [-0.4, -0.2) is 34.2 Å². The molecule has 7 heteroatoms. The maximum atomic E-state index is 12.3. The van der Waals surface area contributed by atoms with Gasteiger partial charge in [0.05, 0.1) is 30.9 Å². The highest BCUT2D eigenvalue weighted by Crippen LogP contribution is 2.14. The topological polar surface area (TPSA) is 74.0 Å². The zero-order valence-electron chi connectivity index (χ0n) is 14.4. The highest BCUT2D eigenvalue weighted by atomic mass is 32.1. The summed E-state index contributed by atoms with van der Waals surface area (Å²) in [5.41, 5.74) is 1.62. The van der Waals surface area contributed by atoms with E-state index in [0.29, 0.717) is 24.5 Å². The molecule has 0 bridgehead atoms. The predicted molar refractivity (Wildman–Crippen MR) is 102 cm³/mol. The van der Waals surface area contributed by atoms with Crippen molar-refractivity contribution in [3.8, 4) is 6.07 Å². The van der Waals surface area contributed by atoms with Gasteiger partial charge in [0.15, 0.2) is 0 Å². The number of aromatic nitrogens is 2. The monoisotopic (exact) mass is 365 g/mol. The van der Waals surface area contributed by atoms with Crippen LogP contribution in [0.25, 0.3) is 0 Å². The zero-order chi connectivity index (χ0) is 18.4. The van der Waals surface area contributed by atoms with Gasteiger partial charge >= 0.3 is 0 Å². The number of rotatable bonds is 7. The van der Waals surface area contributed by atoms with Gasteiger partial charge in [-0.15, -0.1) is 11.3 Å². The lowest BCUT2D eigenvalue weighted by Gasteiger charge is -2.16. The molecule has 0 unspecified atom stereocenters. The summed E-state index contributed by atoms with van der Waals surface area (Å²) in [6, 6.07) is 15.4. The molecule has 3 rings (SSSR count). The number of nitriles is 1. The van der Waals surface area contributed by atoms with E-state index in [4.69, 9.17) is 5.26 Å². The molecular formula is C19H19N5OS. The van der Waals surface area contributed by atoms with Crippen molar-refractivity contribution in [1.29, 1.82) is 5.26 Å².